The van der Waals surface area contributed by atoms with E-state index in [1.54, 1.807) is 48.8 Å². The molecule has 9 nitrogen and oxygen atoms in total. The van der Waals surface area contributed by atoms with Gasteiger partial charge in [-0.1, -0.05) is 53.5 Å². The predicted octanol–water partition coefficient (Wildman–Crippen LogP) is 4.28. The number of nitrogens with zero attached hydrogens (tertiary/aromatic N) is 3. The summed E-state index contributed by atoms with van der Waals surface area (Å²) in [6.07, 6.45) is 5.84. The summed E-state index contributed by atoms with van der Waals surface area (Å²) in [7, 11) is 0. The highest BCUT2D eigenvalue weighted by molar-refractivity contribution is 6.35. The quantitative estimate of drug-likeness (QED) is 0.338. The van der Waals surface area contributed by atoms with Gasteiger partial charge < -0.3 is 20.5 Å². The summed E-state index contributed by atoms with van der Waals surface area (Å²) in [4.78, 5) is 30.5. The van der Waals surface area contributed by atoms with Crippen molar-refractivity contribution in [3.63, 3.8) is 0 Å². The number of hydrogen-bond donors (Lipinski definition) is 2. The Bertz CT molecular complexity index is 1510. The van der Waals surface area contributed by atoms with Gasteiger partial charge in [-0.2, -0.15) is 5.10 Å². The Balaban J connectivity index is 1.47. The number of rotatable bonds is 8. The molecular weight excluding hydrogens is 529 g/mol. The van der Waals surface area contributed by atoms with Crippen molar-refractivity contribution in [2.45, 2.75) is 18.2 Å². The average Bonchev–Trinajstić information content (AvgIpc) is 3.62. The van der Waals surface area contributed by atoms with Crippen LogP contribution in [0.3, 0.4) is 0 Å². The van der Waals surface area contributed by atoms with Crippen LogP contribution in [0, 0.1) is 0 Å². The van der Waals surface area contributed by atoms with E-state index in [9.17, 15) is 9.59 Å². The van der Waals surface area contributed by atoms with E-state index in [0.29, 0.717) is 21.3 Å². The number of pyridine rings is 1. The summed E-state index contributed by atoms with van der Waals surface area (Å²) in [6, 6.07) is 18.3. The Morgan fingerprint density at radius 2 is 1.79 bits per heavy atom. The number of carbonyl (C=O) groups is 2. The van der Waals surface area contributed by atoms with Crippen LogP contribution in [0.25, 0.3) is 17.1 Å². The molecular formula is C27H21Cl2N5O4. The molecule has 0 spiro atoms. The molecule has 1 aliphatic heterocycles. The van der Waals surface area contributed by atoms with Gasteiger partial charge in [0, 0.05) is 29.4 Å². The first-order chi connectivity index (χ1) is 18.4. The first-order valence-electron chi connectivity index (χ1n) is 11.5. The number of carbonyl (C=O) groups excluding carboxylic acids is 2. The molecule has 0 saturated carbocycles. The van der Waals surface area contributed by atoms with Crippen LogP contribution in [0.4, 0.5) is 0 Å². The third-order valence-electron chi connectivity index (χ3n) is 5.97. The number of nitrogens with two attached hydrogens (primary N) is 1. The lowest BCUT2D eigenvalue weighted by atomic mass is 9.97. The highest BCUT2D eigenvalue weighted by atomic mass is 35.5. The topological polar surface area (TPSA) is 121 Å². The molecule has 1 aliphatic rings. The lowest BCUT2D eigenvalue weighted by Crippen LogP contribution is -2.61. The highest BCUT2D eigenvalue weighted by Crippen LogP contribution is 2.30. The molecule has 11 heteroatoms. The van der Waals surface area contributed by atoms with Crippen LogP contribution in [-0.2, 0) is 20.7 Å². The van der Waals surface area contributed by atoms with Crippen LogP contribution >= 0.6 is 23.2 Å². The van der Waals surface area contributed by atoms with Crippen molar-refractivity contribution in [1.82, 2.24) is 20.1 Å². The summed E-state index contributed by atoms with van der Waals surface area (Å²) in [6.45, 7) is 0. The zero-order valence-electron chi connectivity index (χ0n) is 19.8. The van der Waals surface area contributed by atoms with Crippen LogP contribution in [-0.4, -0.2) is 38.4 Å². The summed E-state index contributed by atoms with van der Waals surface area (Å²) in [5.74, 6) is -3.08. The molecule has 2 aromatic heterocycles. The molecule has 3 N–H and O–H groups in total. The maximum Gasteiger partial charge on any atom is 0.352 e. The maximum atomic E-state index is 13.6. The highest BCUT2D eigenvalue weighted by Gasteiger charge is 2.51. The van der Waals surface area contributed by atoms with Crippen LogP contribution < -0.4 is 11.1 Å². The van der Waals surface area contributed by atoms with E-state index in [-0.39, 0.29) is 17.8 Å². The Morgan fingerprint density at radius 3 is 2.53 bits per heavy atom. The van der Waals surface area contributed by atoms with Gasteiger partial charge in [-0.25, -0.2) is 9.67 Å². The Hall–Kier alpha value is -4.34. The van der Waals surface area contributed by atoms with E-state index in [0.717, 1.165) is 5.56 Å². The van der Waals surface area contributed by atoms with Gasteiger partial charge in [-0.15, -0.1) is 0 Å². The number of hydrogen-bond acceptors (Lipinski definition) is 6. The Labute approximate surface area is 227 Å². The number of benzene rings is 2. The summed E-state index contributed by atoms with van der Waals surface area (Å²) >= 11 is 12.5. The average molecular weight is 550 g/mol. The number of primary amides is 1. The molecule has 0 radical (unpaired) electrons. The summed E-state index contributed by atoms with van der Waals surface area (Å²) in [5.41, 5.74) is 7.88. The SMILES string of the molecule is NC(=O)C1(C(Cc2ccccc2)NC(=O)c2cccnc2-n2ccc(-c3cc(Cl)ccc3Cl)n2)OC=CO1. The Kier molecular flexibility index (Phi) is 7.04. The van der Waals surface area contributed by atoms with Crippen molar-refractivity contribution in [3.05, 3.63) is 113 Å². The van der Waals surface area contributed by atoms with Crippen molar-refractivity contribution in [2.24, 2.45) is 5.73 Å². The van der Waals surface area contributed by atoms with Gasteiger partial charge >= 0.3 is 11.7 Å². The van der Waals surface area contributed by atoms with Crippen molar-refractivity contribution < 1.29 is 19.1 Å². The van der Waals surface area contributed by atoms with Crippen molar-refractivity contribution in [3.8, 4) is 17.1 Å². The molecule has 3 heterocycles. The lowest BCUT2D eigenvalue weighted by molar-refractivity contribution is -0.182. The van der Waals surface area contributed by atoms with Crippen molar-refractivity contribution >= 4 is 35.0 Å². The van der Waals surface area contributed by atoms with Gasteiger partial charge in [0.2, 0.25) is 0 Å². The van der Waals surface area contributed by atoms with Crippen molar-refractivity contribution in [1.29, 1.82) is 0 Å². The Morgan fingerprint density at radius 1 is 1.03 bits per heavy atom. The van der Waals surface area contributed by atoms with Gasteiger partial charge in [0.1, 0.15) is 18.6 Å². The third-order valence-corrected chi connectivity index (χ3v) is 6.54. The van der Waals surface area contributed by atoms with E-state index in [2.05, 4.69) is 15.4 Å². The smallest absolute Gasteiger partial charge is 0.352 e. The van der Waals surface area contributed by atoms with E-state index < -0.39 is 23.6 Å². The summed E-state index contributed by atoms with van der Waals surface area (Å²) < 4.78 is 12.5. The zero-order chi connectivity index (χ0) is 26.7. The fourth-order valence-electron chi connectivity index (χ4n) is 4.14. The summed E-state index contributed by atoms with van der Waals surface area (Å²) in [5, 5.41) is 8.41. The molecule has 1 unspecified atom stereocenters. The standard InChI is InChI=1S/C27H21Cl2N5O4/c28-18-8-9-21(29)20(16-18)22-10-12-34(33-22)24-19(7-4-11-31-24)25(35)32-23(15-17-5-2-1-3-6-17)27(26(30)36)37-13-14-38-27/h1-14,16,23H,15H2,(H2,30,36)(H,32,35). The monoisotopic (exact) mass is 549 g/mol. The third kappa shape index (κ3) is 4.93. The molecule has 192 valence electrons. The van der Waals surface area contributed by atoms with Gasteiger partial charge in [0.15, 0.2) is 5.82 Å². The second kappa shape index (κ2) is 10.6. The molecule has 0 bridgehead atoms. The van der Waals surface area contributed by atoms with Gasteiger partial charge in [-0.3, -0.25) is 9.59 Å². The van der Waals surface area contributed by atoms with Gasteiger partial charge in [0.05, 0.1) is 16.3 Å². The second-order valence-electron chi connectivity index (χ2n) is 8.40. The fraction of sp³-hybridized carbons (Fsp3) is 0.111. The second-order valence-corrected chi connectivity index (χ2v) is 9.24. The maximum absolute atomic E-state index is 13.6. The number of aromatic nitrogens is 3. The first-order valence-corrected chi connectivity index (χ1v) is 12.2. The zero-order valence-corrected chi connectivity index (χ0v) is 21.3. The minimum atomic E-state index is -1.92. The van der Waals surface area contributed by atoms with Crippen LogP contribution in [0.5, 0.6) is 0 Å². The van der Waals surface area contributed by atoms with Gasteiger partial charge in [0.25, 0.3) is 5.91 Å². The molecule has 0 saturated heterocycles. The van der Waals surface area contributed by atoms with E-state index in [1.165, 1.54) is 17.2 Å². The van der Waals surface area contributed by atoms with E-state index >= 15 is 0 Å². The molecule has 1 atom stereocenters. The molecule has 4 aromatic rings. The molecule has 38 heavy (non-hydrogen) atoms. The number of amides is 2. The largest absolute Gasteiger partial charge is 0.447 e. The minimum absolute atomic E-state index is 0.197. The number of nitrogens with one attached hydrogen (secondary N) is 1. The molecule has 0 fully saturated rings. The first kappa shape index (κ1) is 25.3. The molecule has 2 amide bonds. The van der Waals surface area contributed by atoms with Crippen LogP contribution in [0.1, 0.15) is 15.9 Å². The van der Waals surface area contributed by atoms with Crippen LogP contribution in [0.2, 0.25) is 10.0 Å². The normalized spacial score (nSPS) is 14.4. The molecule has 2 aromatic carbocycles. The van der Waals surface area contributed by atoms with Crippen LogP contribution in [0.15, 0.2) is 91.6 Å². The molecule has 0 aliphatic carbocycles. The number of halogens is 2. The lowest BCUT2D eigenvalue weighted by Gasteiger charge is -2.33. The van der Waals surface area contributed by atoms with E-state index in [4.69, 9.17) is 38.4 Å². The van der Waals surface area contributed by atoms with Crippen molar-refractivity contribution in [2.75, 3.05) is 0 Å². The minimum Gasteiger partial charge on any atom is -0.447 e. The van der Waals surface area contributed by atoms with E-state index in [1.807, 2.05) is 30.3 Å². The predicted molar refractivity (Wildman–Crippen MR) is 141 cm³/mol. The number of ether oxygens (including phenoxy) is 2. The molecule has 5 rings (SSSR count). The fourth-order valence-corrected chi connectivity index (χ4v) is 4.53. The van der Waals surface area contributed by atoms with Gasteiger partial charge in [-0.05, 0) is 42.0 Å².